The SMILES string of the molecule is c1ccc(-n2c(-c3cc(N4c5ccccc5Oc5ccccc54)c4cc(-c5nc6ccccc6o5)cc(N5c6ccccc6Oc6ccccc65)c4c3)nc3ccccc32)cc1. The third-order valence-corrected chi connectivity index (χ3v) is 11.7. The van der Waals surface area contributed by atoms with Crippen LogP contribution in [0.1, 0.15) is 0 Å². The van der Waals surface area contributed by atoms with Gasteiger partial charge in [0.15, 0.2) is 28.6 Å². The van der Waals surface area contributed by atoms with Crippen molar-refractivity contribution in [1.82, 2.24) is 14.5 Å². The molecule has 9 aromatic carbocycles. The van der Waals surface area contributed by atoms with E-state index in [2.05, 4.69) is 130 Å². The van der Waals surface area contributed by atoms with Gasteiger partial charge in [0.05, 0.1) is 45.2 Å². The number of anilines is 6. The van der Waals surface area contributed by atoms with Crippen molar-refractivity contribution in [3.05, 3.63) is 200 Å². The summed E-state index contributed by atoms with van der Waals surface area (Å²) in [5, 5.41) is 1.95. The van der Waals surface area contributed by atoms with Crippen molar-refractivity contribution in [2.45, 2.75) is 0 Å². The molecule has 292 valence electrons. The van der Waals surface area contributed by atoms with Gasteiger partial charge in [-0.15, -0.1) is 0 Å². The molecule has 0 N–H and O–H groups in total. The fourth-order valence-electron chi connectivity index (χ4n) is 9.03. The van der Waals surface area contributed by atoms with Crippen molar-refractivity contribution in [2.24, 2.45) is 0 Å². The smallest absolute Gasteiger partial charge is 0.227 e. The number of hydrogen-bond acceptors (Lipinski definition) is 7. The highest BCUT2D eigenvalue weighted by Crippen LogP contribution is 2.56. The number of nitrogens with zero attached hydrogens (tertiary/aromatic N) is 5. The third-order valence-electron chi connectivity index (χ3n) is 11.7. The second-order valence-corrected chi connectivity index (χ2v) is 15.4. The molecule has 62 heavy (non-hydrogen) atoms. The van der Waals surface area contributed by atoms with Crippen molar-refractivity contribution in [1.29, 1.82) is 0 Å². The predicted molar refractivity (Wildman–Crippen MR) is 247 cm³/mol. The lowest BCUT2D eigenvalue weighted by Crippen LogP contribution is -2.18. The lowest BCUT2D eigenvalue weighted by molar-refractivity contribution is 0.477. The molecule has 2 aliphatic rings. The van der Waals surface area contributed by atoms with Crippen LogP contribution in [0.25, 0.3) is 61.4 Å². The van der Waals surface area contributed by atoms with E-state index in [0.717, 1.165) is 113 Å². The summed E-state index contributed by atoms with van der Waals surface area (Å²) in [6.07, 6.45) is 0. The molecule has 0 spiro atoms. The summed E-state index contributed by atoms with van der Waals surface area (Å²) in [4.78, 5) is 15.1. The Hall–Kier alpha value is -8.62. The van der Waals surface area contributed by atoms with Crippen molar-refractivity contribution in [2.75, 3.05) is 9.80 Å². The minimum atomic E-state index is 0.521. The van der Waals surface area contributed by atoms with Crippen LogP contribution in [0.15, 0.2) is 205 Å². The second-order valence-electron chi connectivity index (χ2n) is 15.4. The number of aromatic nitrogens is 3. The normalized spacial score (nSPS) is 12.7. The van der Waals surface area contributed by atoms with Gasteiger partial charge in [0, 0.05) is 27.6 Å². The molecule has 0 bridgehead atoms. The van der Waals surface area contributed by atoms with E-state index in [4.69, 9.17) is 23.9 Å². The topological polar surface area (TPSA) is 68.8 Å². The monoisotopic (exact) mass is 799 g/mol. The van der Waals surface area contributed by atoms with Crippen LogP contribution >= 0.6 is 0 Å². The molecule has 11 aromatic rings. The van der Waals surface area contributed by atoms with E-state index < -0.39 is 0 Å². The second kappa shape index (κ2) is 13.5. The number of benzene rings is 9. The number of para-hydroxylation sites is 13. The number of rotatable bonds is 5. The maximum absolute atomic E-state index is 6.59. The van der Waals surface area contributed by atoms with Crippen LogP contribution in [0.2, 0.25) is 0 Å². The van der Waals surface area contributed by atoms with Gasteiger partial charge < -0.3 is 23.7 Å². The van der Waals surface area contributed by atoms with E-state index in [1.165, 1.54) is 0 Å². The van der Waals surface area contributed by atoms with E-state index >= 15 is 0 Å². The molecule has 0 unspecified atom stereocenters. The molecule has 0 aliphatic carbocycles. The first kappa shape index (κ1) is 34.3. The van der Waals surface area contributed by atoms with Crippen molar-refractivity contribution >= 4 is 67.0 Å². The number of fused-ring (bicyclic) bond motifs is 7. The van der Waals surface area contributed by atoms with Gasteiger partial charge in [-0.3, -0.25) is 4.57 Å². The van der Waals surface area contributed by atoms with Gasteiger partial charge in [-0.25, -0.2) is 9.97 Å². The molecular weight excluding hydrogens is 767 g/mol. The van der Waals surface area contributed by atoms with Gasteiger partial charge >= 0.3 is 0 Å². The number of imidazole rings is 1. The molecule has 0 fully saturated rings. The Morgan fingerprint density at radius 1 is 0.371 bits per heavy atom. The molecule has 0 radical (unpaired) electrons. The molecule has 0 saturated heterocycles. The summed E-state index contributed by atoms with van der Waals surface area (Å²) >= 11 is 0. The Balaban J connectivity index is 1.20. The van der Waals surface area contributed by atoms with Crippen LogP contribution in [0.4, 0.5) is 34.1 Å². The summed E-state index contributed by atoms with van der Waals surface area (Å²) in [7, 11) is 0. The molecule has 0 saturated carbocycles. The fraction of sp³-hybridized carbons (Fsp3) is 0. The first-order valence-corrected chi connectivity index (χ1v) is 20.6. The molecule has 0 amide bonds. The Morgan fingerprint density at radius 2 is 0.839 bits per heavy atom. The summed E-state index contributed by atoms with van der Waals surface area (Å²) in [5.41, 5.74) is 11.7. The zero-order valence-electron chi connectivity index (χ0n) is 33.0. The van der Waals surface area contributed by atoms with Crippen molar-refractivity contribution < 1.29 is 13.9 Å². The maximum atomic E-state index is 6.59. The number of oxazole rings is 1. The number of hydrogen-bond donors (Lipinski definition) is 0. The van der Waals surface area contributed by atoms with Gasteiger partial charge in [-0.1, -0.05) is 91.0 Å². The molecule has 0 atom stereocenters. The molecule has 4 heterocycles. The summed E-state index contributed by atoms with van der Waals surface area (Å²) < 4.78 is 22.0. The largest absolute Gasteiger partial charge is 0.453 e. The van der Waals surface area contributed by atoms with Gasteiger partial charge in [-0.05, 0) is 109 Å². The zero-order valence-corrected chi connectivity index (χ0v) is 33.0. The van der Waals surface area contributed by atoms with Crippen LogP contribution < -0.4 is 19.3 Å². The van der Waals surface area contributed by atoms with Crippen LogP contribution in [0.5, 0.6) is 23.0 Å². The Labute approximate surface area is 355 Å². The van der Waals surface area contributed by atoms with Crippen LogP contribution in [0.3, 0.4) is 0 Å². The molecule has 2 aromatic heterocycles. The standard InChI is InChI=1S/C54H33N5O3/c1-2-16-36(17-3-1)57-41-20-6-4-18-39(41)55-53(57)34-30-37-38(46(32-34)58-42-21-7-12-26-49(42)60-50-27-13-8-22-43(50)58)31-35(54-56-40-19-5-11-25-48(40)62-54)33-47(37)59-44-23-9-14-28-51(44)61-52-29-15-10-24-45(52)59/h1-33H. The van der Waals surface area contributed by atoms with Crippen molar-refractivity contribution in [3.8, 4) is 51.5 Å². The summed E-state index contributed by atoms with van der Waals surface area (Å²) in [5.74, 6) is 4.36. The summed E-state index contributed by atoms with van der Waals surface area (Å²) in [6.45, 7) is 0. The van der Waals surface area contributed by atoms with Gasteiger partial charge in [-0.2, -0.15) is 0 Å². The van der Waals surface area contributed by atoms with E-state index in [1.54, 1.807) is 0 Å². The van der Waals surface area contributed by atoms with Crippen LogP contribution in [0, 0.1) is 0 Å². The highest BCUT2D eigenvalue weighted by molar-refractivity contribution is 6.12. The van der Waals surface area contributed by atoms with E-state index in [1.807, 2.05) is 84.9 Å². The van der Waals surface area contributed by atoms with Crippen LogP contribution in [-0.4, -0.2) is 14.5 Å². The molecule has 2 aliphatic heterocycles. The lowest BCUT2D eigenvalue weighted by Gasteiger charge is -2.36. The Kier molecular flexibility index (Phi) is 7.43. The van der Waals surface area contributed by atoms with Crippen LogP contribution in [-0.2, 0) is 0 Å². The molecule has 8 nitrogen and oxygen atoms in total. The van der Waals surface area contributed by atoms with E-state index in [-0.39, 0.29) is 0 Å². The molecule has 13 rings (SSSR count). The molecular formula is C54H33N5O3. The molecule has 8 heteroatoms. The average Bonchev–Trinajstić information content (AvgIpc) is 3.95. The lowest BCUT2D eigenvalue weighted by atomic mass is 9.96. The minimum absolute atomic E-state index is 0.521. The van der Waals surface area contributed by atoms with E-state index in [9.17, 15) is 0 Å². The highest BCUT2D eigenvalue weighted by atomic mass is 16.5. The van der Waals surface area contributed by atoms with Gasteiger partial charge in [0.1, 0.15) is 11.3 Å². The first-order valence-electron chi connectivity index (χ1n) is 20.6. The minimum Gasteiger partial charge on any atom is -0.453 e. The maximum Gasteiger partial charge on any atom is 0.227 e. The average molecular weight is 800 g/mol. The quantitative estimate of drug-likeness (QED) is 0.172. The predicted octanol–water partition coefficient (Wildman–Crippen LogP) is 14.8. The third kappa shape index (κ3) is 5.27. The van der Waals surface area contributed by atoms with Gasteiger partial charge in [0.25, 0.3) is 0 Å². The van der Waals surface area contributed by atoms with Crippen molar-refractivity contribution in [3.63, 3.8) is 0 Å². The number of ether oxygens (including phenoxy) is 2. The van der Waals surface area contributed by atoms with Gasteiger partial charge in [0.2, 0.25) is 5.89 Å². The summed E-state index contributed by atoms with van der Waals surface area (Å²) in [6, 6.07) is 68.4. The fourth-order valence-corrected chi connectivity index (χ4v) is 9.03. The first-order chi connectivity index (χ1) is 30.7. The Morgan fingerprint density at radius 3 is 1.42 bits per heavy atom. The van der Waals surface area contributed by atoms with E-state index in [0.29, 0.717) is 5.89 Å². The Bertz CT molecular complexity index is 3450. The highest BCUT2D eigenvalue weighted by Gasteiger charge is 2.32. The zero-order chi connectivity index (χ0) is 40.7.